The number of carboxylic acids is 1. The van der Waals surface area contributed by atoms with Crippen molar-refractivity contribution in [3.8, 4) is 0 Å². The summed E-state index contributed by atoms with van der Waals surface area (Å²) >= 11 is 0. The first kappa shape index (κ1) is 19.1. The Kier molecular flexibility index (Phi) is 6.28. The van der Waals surface area contributed by atoms with Crippen LogP contribution in [0, 0.1) is 5.92 Å². The fourth-order valence-electron chi connectivity index (χ4n) is 1.94. The van der Waals surface area contributed by atoms with Gasteiger partial charge >= 0.3 is 5.97 Å². The highest BCUT2D eigenvalue weighted by Crippen LogP contribution is 2.15. The number of amides is 1. The quantitative estimate of drug-likeness (QED) is 0.774. The first-order valence-electron chi connectivity index (χ1n) is 7.12. The zero-order valence-electron chi connectivity index (χ0n) is 13.6. The first-order valence-corrected chi connectivity index (χ1v) is 8.56. The summed E-state index contributed by atoms with van der Waals surface area (Å²) in [6.07, 6.45) is 0.288. The largest absolute Gasteiger partial charge is 0.480 e. The second-order valence-corrected chi connectivity index (χ2v) is 7.96. The molecule has 2 N–H and O–H groups in total. The van der Waals surface area contributed by atoms with Gasteiger partial charge in [-0.3, -0.25) is 4.79 Å². The van der Waals surface area contributed by atoms with E-state index in [0.29, 0.717) is 0 Å². The van der Waals surface area contributed by atoms with Crippen LogP contribution in [0.25, 0.3) is 0 Å². The summed E-state index contributed by atoms with van der Waals surface area (Å²) in [4.78, 5) is 23.4. The van der Waals surface area contributed by atoms with Crippen molar-refractivity contribution in [3.63, 3.8) is 0 Å². The predicted octanol–water partition coefficient (Wildman–Crippen LogP) is 1.17. The average Bonchev–Trinajstić information content (AvgIpc) is 2.45. The molecule has 1 atom stereocenters. The van der Waals surface area contributed by atoms with Gasteiger partial charge in [-0.2, -0.15) is 0 Å². The summed E-state index contributed by atoms with van der Waals surface area (Å²) < 4.78 is 25.2. The van der Waals surface area contributed by atoms with Crippen LogP contribution in [0.15, 0.2) is 29.2 Å². The van der Waals surface area contributed by atoms with E-state index in [1.807, 2.05) is 13.8 Å². The molecule has 0 aliphatic rings. The van der Waals surface area contributed by atoms with E-state index in [1.54, 1.807) is 0 Å². The standard InChI is InChI=1S/C15H22N2O5S/c1-10(2)8-13(15(19)20)16-14(18)11-6-5-7-12(9-11)23(21,22)17(3)4/h5-7,9-10,13H,8H2,1-4H3,(H,16,18)(H,19,20). The second kappa shape index (κ2) is 7.56. The highest BCUT2D eigenvalue weighted by atomic mass is 32.2. The van der Waals surface area contributed by atoms with Gasteiger partial charge in [0.1, 0.15) is 6.04 Å². The number of hydrogen-bond acceptors (Lipinski definition) is 4. The van der Waals surface area contributed by atoms with Crippen LogP contribution in [0.3, 0.4) is 0 Å². The summed E-state index contributed by atoms with van der Waals surface area (Å²) in [7, 11) is -0.872. The summed E-state index contributed by atoms with van der Waals surface area (Å²) in [5, 5.41) is 11.6. The molecule has 0 aliphatic carbocycles. The maximum Gasteiger partial charge on any atom is 0.326 e. The monoisotopic (exact) mass is 342 g/mol. The number of hydrogen-bond donors (Lipinski definition) is 2. The molecule has 0 bridgehead atoms. The topological polar surface area (TPSA) is 104 Å². The van der Waals surface area contributed by atoms with Gasteiger partial charge in [-0.15, -0.1) is 0 Å². The lowest BCUT2D eigenvalue weighted by molar-refractivity contribution is -0.139. The number of carbonyl (C=O) groups excluding carboxylic acids is 1. The van der Waals surface area contributed by atoms with Gasteiger partial charge < -0.3 is 10.4 Å². The molecule has 8 heteroatoms. The Morgan fingerprint density at radius 2 is 1.87 bits per heavy atom. The smallest absolute Gasteiger partial charge is 0.326 e. The number of carboxylic acid groups (broad SMARTS) is 1. The predicted molar refractivity (Wildman–Crippen MR) is 85.7 cm³/mol. The Bertz CT molecular complexity index is 683. The molecule has 0 heterocycles. The van der Waals surface area contributed by atoms with Gasteiger partial charge in [-0.05, 0) is 30.5 Å². The van der Waals surface area contributed by atoms with Crippen molar-refractivity contribution in [1.82, 2.24) is 9.62 Å². The number of carbonyl (C=O) groups is 2. The Labute approximate surface area is 136 Å². The number of rotatable bonds is 7. The number of aliphatic carboxylic acids is 1. The maximum absolute atomic E-state index is 12.2. The van der Waals surface area contributed by atoms with Crippen LogP contribution in [0.4, 0.5) is 0 Å². The van der Waals surface area contributed by atoms with E-state index in [1.165, 1.54) is 38.4 Å². The fourth-order valence-corrected chi connectivity index (χ4v) is 2.89. The van der Waals surface area contributed by atoms with E-state index < -0.39 is 27.9 Å². The molecule has 1 rings (SSSR count). The van der Waals surface area contributed by atoms with Crippen molar-refractivity contribution >= 4 is 21.9 Å². The third-order valence-corrected chi connectivity index (χ3v) is 5.00. The lowest BCUT2D eigenvalue weighted by Gasteiger charge is -2.17. The average molecular weight is 342 g/mol. The van der Waals surface area contributed by atoms with Crippen LogP contribution in [-0.2, 0) is 14.8 Å². The van der Waals surface area contributed by atoms with Gasteiger partial charge in [0.25, 0.3) is 5.91 Å². The van der Waals surface area contributed by atoms with E-state index in [2.05, 4.69) is 5.32 Å². The third-order valence-electron chi connectivity index (χ3n) is 3.19. The molecule has 7 nitrogen and oxygen atoms in total. The lowest BCUT2D eigenvalue weighted by atomic mass is 10.0. The van der Waals surface area contributed by atoms with E-state index in [9.17, 15) is 18.0 Å². The number of nitrogens with zero attached hydrogens (tertiary/aromatic N) is 1. The van der Waals surface area contributed by atoms with E-state index in [0.717, 1.165) is 4.31 Å². The molecule has 1 aromatic rings. The summed E-state index contributed by atoms with van der Waals surface area (Å²) in [6.45, 7) is 3.71. The molecule has 1 unspecified atom stereocenters. The van der Waals surface area contributed by atoms with Gasteiger partial charge in [0.15, 0.2) is 0 Å². The third kappa shape index (κ3) is 5.04. The normalized spacial score (nSPS) is 13.1. The molecule has 0 fully saturated rings. The molecule has 0 saturated heterocycles. The number of nitrogens with one attached hydrogen (secondary N) is 1. The fraction of sp³-hybridized carbons (Fsp3) is 0.467. The van der Waals surface area contributed by atoms with Crippen molar-refractivity contribution in [2.75, 3.05) is 14.1 Å². The molecule has 1 amide bonds. The van der Waals surface area contributed by atoms with Crippen LogP contribution >= 0.6 is 0 Å². The molecular weight excluding hydrogens is 320 g/mol. The number of benzene rings is 1. The minimum atomic E-state index is -3.66. The summed E-state index contributed by atoms with van der Waals surface area (Å²) in [5.41, 5.74) is 0.0999. The molecule has 23 heavy (non-hydrogen) atoms. The van der Waals surface area contributed by atoms with Crippen LogP contribution in [0.1, 0.15) is 30.6 Å². The lowest BCUT2D eigenvalue weighted by Crippen LogP contribution is -2.41. The Balaban J connectivity index is 3.03. The van der Waals surface area contributed by atoms with Crippen molar-refractivity contribution in [2.45, 2.75) is 31.2 Å². The Hall–Kier alpha value is -1.93. The zero-order chi connectivity index (χ0) is 17.8. The van der Waals surface area contributed by atoms with Gasteiger partial charge in [0, 0.05) is 19.7 Å². The highest BCUT2D eigenvalue weighted by Gasteiger charge is 2.23. The maximum atomic E-state index is 12.2. The van der Waals surface area contributed by atoms with E-state index >= 15 is 0 Å². The first-order chi connectivity index (χ1) is 10.6. The van der Waals surface area contributed by atoms with Gasteiger partial charge in [-0.25, -0.2) is 17.5 Å². The summed E-state index contributed by atoms with van der Waals surface area (Å²) in [6, 6.07) is 4.49. The molecule has 128 valence electrons. The van der Waals surface area contributed by atoms with Crippen molar-refractivity contribution in [2.24, 2.45) is 5.92 Å². The van der Waals surface area contributed by atoms with E-state index in [-0.39, 0.29) is 22.8 Å². The van der Waals surface area contributed by atoms with Crippen LogP contribution in [0.5, 0.6) is 0 Å². The van der Waals surface area contributed by atoms with Gasteiger partial charge in [0.05, 0.1) is 4.90 Å². The molecular formula is C15H22N2O5S. The zero-order valence-corrected chi connectivity index (χ0v) is 14.4. The number of sulfonamides is 1. The minimum absolute atomic E-state index is 0.0223. The summed E-state index contributed by atoms with van der Waals surface area (Å²) in [5.74, 6) is -1.64. The SMILES string of the molecule is CC(C)CC(NC(=O)c1cccc(S(=O)(=O)N(C)C)c1)C(=O)O. The van der Waals surface area contributed by atoms with Crippen LogP contribution < -0.4 is 5.32 Å². The van der Waals surface area contributed by atoms with Crippen LogP contribution in [-0.4, -0.2) is 49.8 Å². The van der Waals surface area contributed by atoms with Gasteiger partial charge in [-0.1, -0.05) is 19.9 Å². The molecule has 0 aliphatic heterocycles. The Morgan fingerprint density at radius 1 is 1.26 bits per heavy atom. The second-order valence-electron chi connectivity index (χ2n) is 5.81. The van der Waals surface area contributed by atoms with Crippen molar-refractivity contribution in [3.05, 3.63) is 29.8 Å². The molecule has 0 radical (unpaired) electrons. The van der Waals surface area contributed by atoms with Crippen molar-refractivity contribution in [1.29, 1.82) is 0 Å². The highest BCUT2D eigenvalue weighted by molar-refractivity contribution is 7.89. The molecule has 1 aromatic carbocycles. The Morgan fingerprint density at radius 3 is 2.35 bits per heavy atom. The molecule has 0 saturated carbocycles. The van der Waals surface area contributed by atoms with E-state index in [4.69, 9.17) is 5.11 Å². The van der Waals surface area contributed by atoms with Gasteiger partial charge in [0.2, 0.25) is 10.0 Å². The van der Waals surface area contributed by atoms with Crippen LogP contribution in [0.2, 0.25) is 0 Å². The van der Waals surface area contributed by atoms with Crippen molar-refractivity contribution < 1.29 is 23.1 Å². The molecule has 0 aromatic heterocycles. The minimum Gasteiger partial charge on any atom is -0.480 e. The molecule has 0 spiro atoms.